The Kier molecular flexibility index (Phi) is 7.16. The maximum atomic E-state index is 12.0. The van der Waals surface area contributed by atoms with E-state index in [4.69, 9.17) is 9.68 Å². The molecule has 2 aromatic rings. The van der Waals surface area contributed by atoms with Gasteiger partial charge in [-0.2, -0.15) is 0 Å². The van der Waals surface area contributed by atoms with Crippen LogP contribution in [0.3, 0.4) is 0 Å². The van der Waals surface area contributed by atoms with Gasteiger partial charge in [-0.25, -0.2) is 0 Å². The summed E-state index contributed by atoms with van der Waals surface area (Å²) in [5.74, 6) is -0.340. The zero-order valence-electron chi connectivity index (χ0n) is 13.9. The predicted octanol–water partition coefficient (Wildman–Crippen LogP) is 3.10. The molecule has 7 heteroatoms. The molecule has 0 radical (unpaired) electrons. The number of likely N-dealkylation sites (N-methyl/N-ethyl adjacent to an activating group) is 1. The van der Waals surface area contributed by atoms with Crippen molar-refractivity contribution in [2.75, 3.05) is 14.2 Å². The van der Waals surface area contributed by atoms with Gasteiger partial charge in [0.25, 0.3) is 5.91 Å². The molecule has 0 aromatic heterocycles. The summed E-state index contributed by atoms with van der Waals surface area (Å²) in [6.07, 6.45) is 1.62. The van der Waals surface area contributed by atoms with Crippen LogP contribution in [-0.4, -0.2) is 32.0 Å². The van der Waals surface area contributed by atoms with E-state index in [1.165, 1.54) is 14.2 Å². The van der Waals surface area contributed by atoms with Crippen molar-refractivity contribution in [3.8, 4) is 0 Å². The lowest BCUT2D eigenvalue weighted by molar-refractivity contribution is -0.114. The second-order valence-electron chi connectivity index (χ2n) is 4.92. The number of carbonyl (C=O) groups is 1. The maximum Gasteiger partial charge on any atom is 0.273 e. The van der Waals surface area contributed by atoms with E-state index in [0.29, 0.717) is 5.56 Å². The molecule has 2 rings (SSSR count). The van der Waals surface area contributed by atoms with Gasteiger partial charge < -0.3 is 15.0 Å². The van der Waals surface area contributed by atoms with Crippen molar-refractivity contribution in [3.05, 3.63) is 69.7 Å². The molecule has 6 nitrogen and oxygen atoms in total. The molecule has 0 atom stereocenters. The second kappa shape index (κ2) is 9.58. The van der Waals surface area contributed by atoms with E-state index >= 15 is 0 Å². The van der Waals surface area contributed by atoms with Crippen LogP contribution in [0.25, 0.3) is 0 Å². The minimum absolute atomic E-state index is 0.182. The van der Waals surface area contributed by atoms with Gasteiger partial charge in [-0.05, 0) is 17.7 Å². The number of nitrogens with zero attached hydrogens (tertiary/aromatic N) is 2. The summed E-state index contributed by atoms with van der Waals surface area (Å²) in [7, 11) is 2.93. The zero-order chi connectivity index (χ0) is 18.1. The summed E-state index contributed by atoms with van der Waals surface area (Å²) in [6.45, 7) is 0.197. The SMILES string of the molecule is CNC(=O)/C(=N/OC)c1ccccc1CO/N=C\c1ccc(Br)cc1. The molecule has 1 amide bonds. The summed E-state index contributed by atoms with van der Waals surface area (Å²) in [5.41, 5.74) is 2.50. The normalized spacial score (nSPS) is 11.4. The summed E-state index contributed by atoms with van der Waals surface area (Å²) in [6, 6.07) is 15.0. The molecule has 0 spiro atoms. The number of carbonyl (C=O) groups excluding carboxylic acids is 1. The highest BCUT2D eigenvalue weighted by atomic mass is 79.9. The Hall–Kier alpha value is -2.67. The molecule has 2 aromatic carbocycles. The van der Waals surface area contributed by atoms with E-state index in [1.54, 1.807) is 12.3 Å². The highest BCUT2D eigenvalue weighted by molar-refractivity contribution is 9.10. The average Bonchev–Trinajstić information content (AvgIpc) is 2.64. The smallest absolute Gasteiger partial charge is 0.273 e. The molecule has 0 bridgehead atoms. The number of amides is 1. The van der Waals surface area contributed by atoms with E-state index in [2.05, 4.69) is 31.6 Å². The number of benzene rings is 2. The average molecular weight is 404 g/mol. The molecule has 0 heterocycles. The van der Waals surface area contributed by atoms with Crippen molar-refractivity contribution in [1.82, 2.24) is 5.32 Å². The summed E-state index contributed by atoms with van der Waals surface area (Å²) in [4.78, 5) is 22.1. The van der Waals surface area contributed by atoms with Crippen LogP contribution >= 0.6 is 15.9 Å². The molecule has 1 N–H and O–H groups in total. The van der Waals surface area contributed by atoms with Crippen LogP contribution in [-0.2, 0) is 21.1 Å². The van der Waals surface area contributed by atoms with Crippen LogP contribution in [0.15, 0.2) is 63.3 Å². The third-order valence-electron chi connectivity index (χ3n) is 3.26. The minimum Gasteiger partial charge on any atom is -0.398 e. The summed E-state index contributed by atoms with van der Waals surface area (Å²) < 4.78 is 0.999. The third-order valence-corrected chi connectivity index (χ3v) is 3.79. The molecule has 130 valence electrons. The first kappa shape index (κ1) is 18.7. The molecule has 0 aliphatic rings. The molecule has 25 heavy (non-hydrogen) atoms. The lowest BCUT2D eigenvalue weighted by Crippen LogP contribution is -2.29. The van der Waals surface area contributed by atoms with Gasteiger partial charge in [0.05, 0.1) is 6.21 Å². The molecule has 0 fully saturated rings. The topological polar surface area (TPSA) is 72.3 Å². The van der Waals surface area contributed by atoms with Gasteiger partial charge >= 0.3 is 0 Å². The third kappa shape index (κ3) is 5.42. The van der Waals surface area contributed by atoms with Crippen LogP contribution < -0.4 is 5.32 Å². The molecule has 0 saturated carbocycles. The van der Waals surface area contributed by atoms with Crippen molar-refractivity contribution in [1.29, 1.82) is 0 Å². The Morgan fingerprint density at radius 1 is 1.20 bits per heavy atom. The van der Waals surface area contributed by atoms with Gasteiger partial charge in [-0.1, -0.05) is 62.6 Å². The van der Waals surface area contributed by atoms with E-state index in [-0.39, 0.29) is 18.2 Å². The largest absolute Gasteiger partial charge is 0.398 e. The maximum absolute atomic E-state index is 12.0. The highest BCUT2D eigenvalue weighted by Crippen LogP contribution is 2.13. The van der Waals surface area contributed by atoms with Gasteiger partial charge in [0.15, 0.2) is 5.71 Å². The van der Waals surface area contributed by atoms with Crippen molar-refractivity contribution in [3.63, 3.8) is 0 Å². The van der Waals surface area contributed by atoms with Crippen molar-refractivity contribution in [2.45, 2.75) is 6.61 Å². The Labute approximate surface area is 154 Å². The van der Waals surface area contributed by atoms with Crippen molar-refractivity contribution < 1.29 is 14.5 Å². The molecule has 0 aliphatic carbocycles. The van der Waals surface area contributed by atoms with E-state index < -0.39 is 0 Å². The van der Waals surface area contributed by atoms with Crippen LogP contribution in [0.2, 0.25) is 0 Å². The van der Waals surface area contributed by atoms with Crippen molar-refractivity contribution >= 4 is 33.8 Å². The number of halogens is 1. The fourth-order valence-corrected chi connectivity index (χ4v) is 2.32. The minimum atomic E-state index is -0.340. The first-order valence-corrected chi connectivity index (χ1v) is 8.27. The summed E-state index contributed by atoms with van der Waals surface area (Å²) in [5, 5.41) is 10.3. The Bertz CT molecular complexity index is 773. The first-order chi connectivity index (χ1) is 12.2. The van der Waals surface area contributed by atoms with Gasteiger partial charge in [0.1, 0.15) is 13.7 Å². The standard InChI is InChI=1S/C18H18BrN3O3/c1-20-18(23)17(22-24-2)16-6-4-3-5-14(16)12-25-21-11-13-7-9-15(19)10-8-13/h3-11H,12H2,1-2H3,(H,20,23)/b21-11-,22-17+. The molecule has 0 unspecified atom stereocenters. The van der Waals surface area contributed by atoms with Gasteiger partial charge in [0, 0.05) is 22.6 Å². The van der Waals surface area contributed by atoms with Gasteiger partial charge in [0.2, 0.25) is 0 Å². The molecular formula is C18H18BrN3O3. The molecular weight excluding hydrogens is 386 g/mol. The Balaban J connectivity index is 2.11. The number of rotatable bonds is 7. The number of nitrogens with one attached hydrogen (secondary N) is 1. The van der Waals surface area contributed by atoms with Crippen LogP contribution in [0.4, 0.5) is 0 Å². The Morgan fingerprint density at radius 2 is 1.92 bits per heavy atom. The summed E-state index contributed by atoms with van der Waals surface area (Å²) >= 11 is 3.38. The number of hydrogen-bond acceptors (Lipinski definition) is 5. The van der Waals surface area contributed by atoms with Crippen LogP contribution in [0, 0.1) is 0 Å². The van der Waals surface area contributed by atoms with E-state index in [9.17, 15) is 4.79 Å². The van der Waals surface area contributed by atoms with Gasteiger partial charge in [-0.15, -0.1) is 0 Å². The second-order valence-corrected chi connectivity index (χ2v) is 5.83. The zero-order valence-corrected chi connectivity index (χ0v) is 15.5. The highest BCUT2D eigenvalue weighted by Gasteiger charge is 2.17. The quantitative estimate of drug-likeness (QED) is 0.570. The van der Waals surface area contributed by atoms with Crippen molar-refractivity contribution in [2.24, 2.45) is 10.3 Å². The van der Waals surface area contributed by atoms with Crippen LogP contribution in [0.5, 0.6) is 0 Å². The van der Waals surface area contributed by atoms with Crippen LogP contribution in [0.1, 0.15) is 16.7 Å². The Morgan fingerprint density at radius 3 is 2.60 bits per heavy atom. The van der Waals surface area contributed by atoms with E-state index in [1.807, 2.05) is 42.5 Å². The van der Waals surface area contributed by atoms with E-state index in [0.717, 1.165) is 15.6 Å². The number of hydrogen-bond donors (Lipinski definition) is 1. The molecule has 0 saturated heterocycles. The monoisotopic (exact) mass is 403 g/mol. The molecule has 0 aliphatic heterocycles. The number of oxime groups is 2. The predicted molar refractivity (Wildman–Crippen MR) is 101 cm³/mol. The lowest BCUT2D eigenvalue weighted by atomic mass is 10.0. The fraction of sp³-hybridized carbons (Fsp3) is 0.167. The fourth-order valence-electron chi connectivity index (χ4n) is 2.05. The van der Waals surface area contributed by atoms with Gasteiger partial charge in [-0.3, -0.25) is 4.79 Å². The lowest BCUT2D eigenvalue weighted by Gasteiger charge is -2.09. The first-order valence-electron chi connectivity index (χ1n) is 7.48.